The third-order valence-electron chi connectivity index (χ3n) is 1.93. The maximum absolute atomic E-state index is 10.6. The minimum Gasteiger partial charge on any atom is -0.326 e. The SMILES string of the molecule is NCc1ccccc1CCC(=O)Cl. The molecule has 0 aliphatic carbocycles. The fourth-order valence-corrected chi connectivity index (χ4v) is 1.33. The molecule has 70 valence electrons. The third-order valence-corrected chi connectivity index (χ3v) is 2.12. The van der Waals surface area contributed by atoms with E-state index in [9.17, 15) is 4.79 Å². The van der Waals surface area contributed by atoms with Crippen LogP contribution in [0.3, 0.4) is 0 Å². The van der Waals surface area contributed by atoms with Gasteiger partial charge in [0.05, 0.1) is 0 Å². The molecule has 0 fully saturated rings. The molecule has 1 aromatic carbocycles. The van der Waals surface area contributed by atoms with Crippen molar-refractivity contribution in [1.29, 1.82) is 0 Å². The molecule has 0 radical (unpaired) electrons. The van der Waals surface area contributed by atoms with Crippen LogP contribution in [-0.2, 0) is 17.8 Å². The standard InChI is InChI=1S/C10H12ClNO/c11-10(13)6-5-8-3-1-2-4-9(8)7-12/h1-4H,5-7,12H2. The highest BCUT2D eigenvalue weighted by Crippen LogP contribution is 2.10. The van der Waals surface area contributed by atoms with Crippen molar-refractivity contribution >= 4 is 16.8 Å². The van der Waals surface area contributed by atoms with Crippen molar-refractivity contribution in [2.75, 3.05) is 0 Å². The van der Waals surface area contributed by atoms with E-state index in [1.165, 1.54) is 0 Å². The summed E-state index contributed by atoms with van der Waals surface area (Å²) in [5, 5.41) is -0.299. The molecular weight excluding hydrogens is 186 g/mol. The fraction of sp³-hybridized carbons (Fsp3) is 0.300. The lowest BCUT2D eigenvalue weighted by atomic mass is 10.0. The van der Waals surface area contributed by atoms with E-state index >= 15 is 0 Å². The first-order chi connectivity index (χ1) is 6.24. The molecule has 0 amide bonds. The van der Waals surface area contributed by atoms with Crippen LogP contribution in [0.1, 0.15) is 17.5 Å². The van der Waals surface area contributed by atoms with Crippen molar-refractivity contribution in [1.82, 2.24) is 0 Å². The summed E-state index contributed by atoms with van der Waals surface area (Å²) in [6.07, 6.45) is 1.05. The summed E-state index contributed by atoms with van der Waals surface area (Å²) >= 11 is 5.25. The van der Waals surface area contributed by atoms with Crippen LogP contribution in [0.2, 0.25) is 0 Å². The number of nitrogens with two attached hydrogens (primary N) is 1. The van der Waals surface area contributed by atoms with Crippen LogP contribution in [0, 0.1) is 0 Å². The summed E-state index contributed by atoms with van der Waals surface area (Å²) in [5.41, 5.74) is 7.73. The monoisotopic (exact) mass is 197 g/mol. The van der Waals surface area contributed by atoms with Crippen molar-refractivity contribution < 1.29 is 4.79 Å². The molecule has 0 aliphatic heterocycles. The van der Waals surface area contributed by atoms with Crippen molar-refractivity contribution in [2.45, 2.75) is 19.4 Å². The van der Waals surface area contributed by atoms with E-state index in [0.717, 1.165) is 11.1 Å². The van der Waals surface area contributed by atoms with Crippen LogP contribution in [0.15, 0.2) is 24.3 Å². The normalized spacial score (nSPS) is 10.0. The van der Waals surface area contributed by atoms with Crippen molar-refractivity contribution in [3.05, 3.63) is 35.4 Å². The van der Waals surface area contributed by atoms with Crippen LogP contribution in [0.25, 0.3) is 0 Å². The zero-order chi connectivity index (χ0) is 9.68. The Kier molecular flexibility index (Phi) is 3.93. The van der Waals surface area contributed by atoms with Crippen LogP contribution in [0.5, 0.6) is 0 Å². The quantitative estimate of drug-likeness (QED) is 0.749. The molecule has 0 saturated carbocycles. The highest BCUT2D eigenvalue weighted by molar-refractivity contribution is 6.63. The molecule has 1 aromatic rings. The molecule has 0 bridgehead atoms. The number of carbonyl (C=O) groups excluding carboxylic acids is 1. The molecule has 0 aliphatic rings. The van der Waals surface area contributed by atoms with E-state index in [2.05, 4.69) is 0 Å². The first-order valence-electron chi connectivity index (χ1n) is 4.19. The van der Waals surface area contributed by atoms with Crippen molar-refractivity contribution in [3.63, 3.8) is 0 Å². The molecule has 0 atom stereocenters. The van der Waals surface area contributed by atoms with E-state index in [1.54, 1.807) is 0 Å². The number of carbonyl (C=O) groups is 1. The van der Waals surface area contributed by atoms with E-state index < -0.39 is 0 Å². The lowest BCUT2D eigenvalue weighted by Gasteiger charge is -2.04. The Bertz CT molecular complexity index is 299. The van der Waals surface area contributed by atoms with Gasteiger partial charge in [0.2, 0.25) is 5.24 Å². The lowest BCUT2D eigenvalue weighted by molar-refractivity contribution is -0.111. The average molecular weight is 198 g/mol. The second kappa shape index (κ2) is 5.00. The largest absolute Gasteiger partial charge is 0.326 e. The molecule has 2 N–H and O–H groups in total. The predicted molar refractivity (Wildman–Crippen MR) is 53.5 cm³/mol. The molecule has 13 heavy (non-hydrogen) atoms. The van der Waals surface area contributed by atoms with Crippen molar-refractivity contribution in [2.24, 2.45) is 5.73 Å². The van der Waals surface area contributed by atoms with Gasteiger partial charge in [-0.2, -0.15) is 0 Å². The van der Waals surface area contributed by atoms with Gasteiger partial charge < -0.3 is 5.73 Å². The number of benzene rings is 1. The molecule has 0 unspecified atom stereocenters. The average Bonchev–Trinajstić information content (AvgIpc) is 2.15. The molecule has 2 nitrogen and oxygen atoms in total. The molecule has 3 heteroatoms. The Labute approximate surface area is 82.7 Å². The molecule has 0 spiro atoms. The Morgan fingerprint density at radius 2 is 1.92 bits per heavy atom. The van der Waals surface area contributed by atoms with Gasteiger partial charge in [0.25, 0.3) is 0 Å². The summed E-state index contributed by atoms with van der Waals surface area (Å²) < 4.78 is 0. The van der Waals surface area contributed by atoms with Gasteiger partial charge in [0.1, 0.15) is 0 Å². The van der Waals surface area contributed by atoms with Crippen LogP contribution < -0.4 is 5.73 Å². The van der Waals surface area contributed by atoms with E-state index in [-0.39, 0.29) is 5.24 Å². The first kappa shape index (κ1) is 10.2. The highest BCUT2D eigenvalue weighted by atomic mass is 35.5. The number of hydrogen-bond donors (Lipinski definition) is 1. The topological polar surface area (TPSA) is 43.1 Å². The van der Waals surface area contributed by atoms with Crippen LogP contribution >= 0.6 is 11.6 Å². The van der Waals surface area contributed by atoms with E-state index in [4.69, 9.17) is 17.3 Å². The number of rotatable bonds is 4. The second-order valence-corrected chi connectivity index (χ2v) is 3.25. The number of hydrogen-bond acceptors (Lipinski definition) is 2. The summed E-state index contributed by atoms with van der Waals surface area (Å²) in [5.74, 6) is 0. The van der Waals surface area contributed by atoms with Gasteiger partial charge in [-0.3, -0.25) is 4.79 Å². The zero-order valence-corrected chi connectivity index (χ0v) is 8.05. The van der Waals surface area contributed by atoms with Gasteiger partial charge in [-0.1, -0.05) is 24.3 Å². The van der Waals surface area contributed by atoms with Gasteiger partial charge in [-0.15, -0.1) is 0 Å². The Hall–Kier alpha value is -0.860. The van der Waals surface area contributed by atoms with E-state index in [0.29, 0.717) is 19.4 Å². The molecule has 0 aromatic heterocycles. The molecule has 0 heterocycles. The predicted octanol–water partition coefficient (Wildman–Crippen LogP) is 1.84. The van der Waals surface area contributed by atoms with Gasteiger partial charge in [-0.25, -0.2) is 0 Å². The summed E-state index contributed by atoms with van der Waals surface area (Å²) in [4.78, 5) is 10.6. The van der Waals surface area contributed by atoms with Gasteiger partial charge in [0.15, 0.2) is 0 Å². The van der Waals surface area contributed by atoms with Gasteiger partial charge in [-0.05, 0) is 29.1 Å². The van der Waals surface area contributed by atoms with Gasteiger partial charge in [0, 0.05) is 13.0 Å². The van der Waals surface area contributed by atoms with Gasteiger partial charge >= 0.3 is 0 Å². The maximum Gasteiger partial charge on any atom is 0.221 e. The zero-order valence-electron chi connectivity index (χ0n) is 7.29. The number of halogens is 1. The minimum absolute atomic E-state index is 0.299. The minimum atomic E-state index is -0.299. The maximum atomic E-state index is 10.6. The molecule has 1 rings (SSSR count). The second-order valence-electron chi connectivity index (χ2n) is 2.83. The Morgan fingerprint density at radius 3 is 2.46 bits per heavy atom. The van der Waals surface area contributed by atoms with E-state index in [1.807, 2.05) is 24.3 Å². The van der Waals surface area contributed by atoms with Crippen LogP contribution in [-0.4, -0.2) is 5.24 Å². The Balaban J connectivity index is 2.69. The molecule has 0 saturated heterocycles. The fourth-order valence-electron chi connectivity index (χ4n) is 1.23. The summed E-state index contributed by atoms with van der Waals surface area (Å²) in [6, 6.07) is 7.82. The summed E-state index contributed by atoms with van der Waals surface area (Å²) in [6.45, 7) is 0.507. The van der Waals surface area contributed by atoms with Crippen molar-refractivity contribution in [3.8, 4) is 0 Å². The smallest absolute Gasteiger partial charge is 0.221 e. The number of aryl methyl sites for hydroxylation is 1. The summed E-state index contributed by atoms with van der Waals surface area (Å²) in [7, 11) is 0. The highest BCUT2D eigenvalue weighted by Gasteiger charge is 2.02. The lowest BCUT2D eigenvalue weighted by Crippen LogP contribution is -2.02. The van der Waals surface area contributed by atoms with Crippen LogP contribution in [0.4, 0.5) is 0 Å². The molecular formula is C10H12ClNO. The third kappa shape index (κ3) is 3.17. The Morgan fingerprint density at radius 1 is 1.31 bits per heavy atom. The first-order valence-corrected chi connectivity index (χ1v) is 4.57.